The zero-order chi connectivity index (χ0) is 17.7. The first-order chi connectivity index (χ1) is 10.5. The zero-order valence-corrected chi connectivity index (χ0v) is 13.4. The maximum atomic E-state index is 12.8. The molecule has 0 radical (unpaired) electrons. The minimum Gasteiger partial charge on any atom is -0.444 e. The zero-order valence-electron chi connectivity index (χ0n) is 13.4. The van der Waals surface area contributed by atoms with Crippen LogP contribution < -0.4 is 5.32 Å². The van der Waals surface area contributed by atoms with Gasteiger partial charge < -0.3 is 15.2 Å². The Morgan fingerprint density at radius 2 is 1.78 bits per heavy atom. The molecule has 4 nitrogen and oxygen atoms in total. The number of aliphatic hydroxyl groups is 1. The fourth-order valence-electron chi connectivity index (χ4n) is 1.96. The van der Waals surface area contributed by atoms with Crippen molar-refractivity contribution in [3.8, 4) is 0 Å². The first-order valence-corrected chi connectivity index (χ1v) is 7.27. The molecule has 1 amide bonds. The van der Waals surface area contributed by atoms with Gasteiger partial charge in [0.05, 0.1) is 6.04 Å². The molecule has 2 N–H and O–H groups in total. The summed E-state index contributed by atoms with van der Waals surface area (Å²) in [4.78, 5) is 11.7. The highest BCUT2D eigenvalue weighted by molar-refractivity contribution is 5.68. The standard InChI is InChI=1S/C16H22F3NO3/c1-15(2,3)23-14(22)20-12(13(21)16(17,18)19)10-9-11-7-5-4-6-8-11/h4-8,12-13,21H,9-10H2,1-3H3,(H,20,22)/t12-,13-/m1/s1. The predicted molar refractivity (Wildman–Crippen MR) is 80.0 cm³/mol. The van der Waals surface area contributed by atoms with Gasteiger partial charge in [0.2, 0.25) is 0 Å². The summed E-state index contributed by atoms with van der Waals surface area (Å²) in [6.07, 6.45) is -8.24. The van der Waals surface area contributed by atoms with Crippen molar-refractivity contribution in [3.05, 3.63) is 35.9 Å². The van der Waals surface area contributed by atoms with E-state index in [9.17, 15) is 23.1 Å². The Hall–Kier alpha value is -1.76. The minimum atomic E-state index is -4.82. The normalized spacial score (nSPS) is 14.9. The Morgan fingerprint density at radius 1 is 1.22 bits per heavy atom. The highest BCUT2D eigenvalue weighted by Gasteiger charge is 2.44. The Balaban J connectivity index is 2.75. The molecular formula is C16H22F3NO3. The number of carbonyl (C=O) groups is 1. The quantitative estimate of drug-likeness (QED) is 0.868. The van der Waals surface area contributed by atoms with Crippen LogP contribution in [-0.4, -0.2) is 35.1 Å². The molecule has 0 saturated heterocycles. The summed E-state index contributed by atoms with van der Waals surface area (Å²) in [5.74, 6) is 0. The van der Waals surface area contributed by atoms with E-state index in [4.69, 9.17) is 4.74 Å². The average Bonchev–Trinajstić information content (AvgIpc) is 2.40. The highest BCUT2D eigenvalue weighted by Crippen LogP contribution is 2.24. The molecule has 7 heteroatoms. The van der Waals surface area contributed by atoms with Gasteiger partial charge in [-0.15, -0.1) is 0 Å². The van der Waals surface area contributed by atoms with E-state index >= 15 is 0 Å². The van der Waals surface area contributed by atoms with Crippen LogP contribution in [0.2, 0.25) is 0 Å². The first-order valence-electron chi connectivity index (χ1n) is 7.27. The molecule has 0 aliphatic rings. The molecular weight excluding hydrogens is 311 g/mol. The lowest BCUT2D eigenvalue weighted by Gasteiger charge is -2.27. The van der Waals surface area contributed by atoms with Gasteiger partial charge in [-0.2, -0.15) is 13.2 Å². The maximum absolute atomic E-state index is 12.8. The van der Waals surface area contributed by atoms with Crippen molar-refractivity contribution in [2.75, 3.05) is 0 Å². The Morgan fingerprint density at radius 3 is 2.26 bits per heavy atom. The van der Waals surface area contributed by atoms with Crippen LogP contribution in [0, 0.1) is 0 Å². The molecule has 2 atom stereocenters. The molecule has 0 unspecified atom stereocenters. The maximum Gasteiger partial charge on any atom is 0.416 e. The van der Waals surface area contributed by atoms with E-state index < -0.39 is 30.0 Å². The molecule has 0 spiro atoms. The predicted octanol–water partition coefficient (Wildman–Crippen LogP) is 3.44. The third-order valence-electron chi connectivity index (χ3n) is 3.01. The average molecular weight is 333 g/mol. The number of alkyl carbamates (subject to hydrolysis) is 1. The molecule has 0 bridgehead atoms. The number of benzene rings is 1. The van der Waals surface area contributed by atoms with E-state index in [0.717, 1.165) is 5.56 Å². The number of hydrogen-bond donors (Lipinski definition) is 2. The van der Waals surface area contributed by atoms with Crippen LogP contribution >= 0.6 is 0 Å². The first kappa shape index (κ1) is 19.3. The number of nitrogens with one attached hydrogen (secondary N) is 1. The fourth-order valence-corrected chi connectivity index (χ4v) is 1.96. The van der Waals surface area contributed by atoms with Gasteiger partial charge in [0.25, 0.3) is 0 Å². The molecule has 1 rings (SSSR count). The molecule has 0 aliphatic carbocycles. The van der Waals surface area contributed by atoms with E-state index in [2.05, 4.69) is 5.32 Å². The number of rotatable bonds is 5. The second-order valence-corrected chi connectivity index (χ2v) is 6.26. The summed E-state index contributed by atoms with van der Waals surface area (Å²) in [5.41, 5.74) is -0.0186. The van der Waals surface area contributed by atoms with E-state index in [0.29, 0.717) is 0 Å². The summed E-state index contributed by atoms with van der Waals surface area (Å²) < 4.78 is 43.3. The van der Waals surface area contributed by atoms with E-state index in [1.54, 1.807) is 51.1 Å². The lowest BCUT2D eigenvalue weighted by Crippen LogP contribution is -2.51. The van der Waals surface area contributed by atoms with Crippen LogP contribution in [0.4, 0.5) is 18.0 Å². The SMILES string of the molecule is CC(C)(C)OC(=O)N[C@H](CCc1ccccc1)[C@@H](O)C(F)(F)F. The minimum absolute atomic E-state index is 0.0655. The smallest absolute Gasteiger partial charge is 0.416 e. The summed E-state index contributed by atoms with van der Waals surface area (Å²) >= 11 is 0. The van der Waals surface area contributed by atoms with Crippen molar-refractivity contribution in [2.24, 2.45) is 0 Å². The molecule has 0 heterocycles. The molecule has 0 aromatic heterocycles. The second-order valence-electron chi connectivity index (χ2n) is 6.26. The van der Waals surface area contributed by atoms with E-state index in [1.165, 1.54) is 0 Å². The lowest BCUT2D eigenvalue weighted by molar-refractivity contribution is -0.212. The number of alkyl halides is 3. The van der Waals surface area contributed by atoms with Crippen LogP contribution in [0.25, 0.3) is 0 Å². The molecule has 0 aliphatic heterocycles. The number of hydrogen-bond acceptors (Lipinski definition) is 3. The van der Waals surface area contributed by atoms with Gasteiger partial charge in [-0.25, -0.2) is 4.79 Å². The topological polar surface area (TPSA) is 58.6 Å². The summed E-state index contributed by atoms with van der Waals surface area (Å²) in [5, 5.41) is 11.6. The number of aryl methyl sites for hydroxylation is 1. The van der Waals surface area contributed by atoms with Gasteiger partial charge in [0, 0.05) is 0 Å². The van der Waals surface area contributed by atoms with Gasteiger partial charge in [-0.3, -0.25) is 0 Å². The van der Waals surface area contributed by atoms with Gasteiger partial charge in [0.15, 0.2) is 6.10 Å². The van der Waals surface area contributed by atoms with E-state index in [-0.39, 0.29) is 12.8 Å². The second kappa shape index (κ2) is 7.68. The highest BCUT2D eigenvalue weighted by atomic mass is 19.4. The number of amides is 1. The van der Waals surface area contributed by atoms with Crippen LogP contribution in [0.15, 0.2) is 30.3 Å². The summed E-state index contributed by atoms with van der Waals surface area (Å²) in [6.45, 7) is 4.81. The molecule has 0 fully saturated rings. The van der Waals surface area contributed by atoms with Crippen LogP contribution in [0.1, 0.15) is 32.8 Å². The molecule has 1 aromatic rings. The van der Waals surface area contributed by atoms with Crippen molar-refractivity contribution in [2.45, 2.75) is 57.5 Å². The molecule has 23 heavy (non-hydrogen) atoms. The summed E-state index contributed by atoms with van der Waals surface area (Å²) in [6, 6.07) is 7.39. The van der Waals surface area contributed by atoms with Crippen LogP contribution in [0.5, 0.6) is 0 Å². The van der Waals surface area contributed by atoms with Crippen molar-refractivity contribution < 1.29 is 27.8 Å². The lowest BCUT2D eigenvalue weighted by atomic mass is 10.0. The third kappa shape index (κ3) is 7.36. The van der Waals surface area contributed by atoms with Crippen molar-refractivity contribution in [1.82, 2.24) is 5.32 Å². The number of halogens is 3. The van der Waals surface area contributed by atoms with Gasteiger partial charge in [-0.1, -0.05) is 30.3 Å². The largest absolute Gasteiger partial charge is 0.444 e. The number of aliphatic hydroxyl groups excluding tert-OH is 1. The van der Waals surface area contributed by atoms with Gasteiger partial charge >= 0.3 is 12.3 Å². The number of ether oxygens (including phenoxy) is 1. The van der Waals surface area contributed by atoms with Crippen LogP contribution in [-0.2, 0) is 11.2 Å². The Kier molecular flexibility index (Phi) is 6.44. The molecule has 130 valence electrons. The Bertz CT molecular complexity index is 498. The van der Waals surface area contributed by atoms with Gasteiger partial charge in [0.1, 0.15) is 5.60 Å². The number of carbonyl (C=O) groups excluding carboxylic acids is 1. The van der Waals surface area contributed by atoms with Gasteiger partial charge in [-0.05, 0) is 39.2 Å². The molecule has 0 saturated carbocycles. The van der Waals surface area contributed by atoms with Crippen LogP contribution in [0.3, 0.4) is 0 Å². The fraction of sp³-hybridized carbons (Fsp3) is 0.562. The molecule has 1 aromatic carbocycles. The summed E-state index contributed by atoms with van der Waals surface area (Å²) in [7, 11) is 0. The van der Waals surface area contributed by atoms with Crippen molar-refractivity contribution in [3.63, 3.8) is 0 Å². The Labute approximate surface area is 133 Å². The van der Waals surface area contributed by atoms with E-state index in [1.807, 2.05) is 0 Å². The van der Waals surface area contributed by atoms with Crippen molar-refractivity contribution >= 4 is 6.09 Å². The third-order valence-corrected chi connectivity index (χ3v) is 3.01. The van der Waals surface area contributed by atoms with Crippen molar-refractivity contribution in [1.29, 1.82) is 0 Å². The monoisotopic (exact) mass is 333 g/mol.